The van der Waals surface area contributed by atoms with E-state index in [0.717, 1.165) is 23.3 Å². The number of aromatic nitrogens is 2. The number of halogens is 1. The van der Waals surface area contributed by atoms with Gasteiger partial charge < -0.3 is 14.6 Å². The van der Waals surface area contributed by atoms with Crippen LogP contribution in [0.4, 0.5) is 9.18 Å². The van der Waals surface area contributed by atoms with Gasteiger partial charge in [0.05, 0.1) is 25.3 Å². The molecule has 5 rings (SSSR count). The molecule has 1 aliphatic rings. The lowest BCUT2D eigenvalue weighted by molar-refractivity contribution is 0.203. The van der Waals surface area contributed by atoms with Crippen molar-refractivity contribution in [2.75, 3.05) is 7.11 Å². The van der Waals surface area contributed by atoms with Gasteiger partial charge in [0.25, 0.3) is 5.89 Å². The Morgan fingerprint density at radius 3 is 2.46 bits per heavy atom. The predicted octanol–water partition coefficient (Wildman–Crippen LogP) is 6.14. The molecule has 8 heteroatoms. The fraction of sp³-hybridized carbons (Fsp3) is 0.207. The van der Waals surface area contributed by atoms with Crippen molar-refractivity contribution >= 4 is 11.6 Å². The highest BCUT2D eigenvalue weighted by Crippen LogP contribution is 2.38. The topological polar surface area (TPSA) is 80.5 Å². The third-order valence-corrected chi connectivity index (χ3v) is 6.56. The lowest BCUT2D eigenvalue weighted by atomic mass is 9.93. The molecule has 2 heterocycles. The van der Waals surface area contributed by atoms with Gasteiger partial charge in [0.2, 0.25) is 5.82 Å². The average molecular weight is 499 g/mol. The molecule has 0 saturated carbocycles. The molecule has 3 aromatic carbocycles. The Hall–Kier alpha value is -4.46. The van der Waals surface area contributed by atoms with Gasteiger partial charge in [-0.2, -0.15) is 4.98 Å². The predicted molar refractivity (Wildman–Crippen MR) is 138 cm³/mol. The van der Waals surface area contributed by atoms with Crippen molar-refractivity contribution in [2.45, 2.75) is 32.9 Å². The summed E-state index contributed by atoms with van der Waals surface area (Å²) >= 11 is 0. The third-order valence-electron chi connectivity index (χ3n) is 6.56. The van der Waals surface area contributed by atoms with Crippen LogP contribution < -0.4 is 10.1 Å². The number of nitrogens with zero attached hydrogens (tertiary/aromatic N) is 3. The number of allylic oxidation sites excluding steroid dienone is 1. The van der Waals surface area contributed by atoms with Crippen molar-refractivity contribution in [1.82, 2.24) is 20.4 Å². The first-order valence-electron chi connectivity index (χ1n) is 12.1. The number of carbonyl (C=O) groups is 1. The van der Waals surface area contributed by atoms with E-state index in [-0.39, 0.29) is 23.6 Å². The molecule has 1 aromatic heterocycles. The van der Waals surface area contributed by atoms with Crippen LogP contribution >= 0.6 is 0 Å². The maximum absolute atomic E-state index is 13.8. The van der Waals surface area contributed by atoms with Crippen molar-refractivity contribution in [1.29, 1.82) is 0 Å². The lowest BCUT2D eigenvalue weighted by Crippen LogP contribution is -2.45. The monoisotopic (exact) mass is 498 g/mol. The minimum atomic E-state index is -0.494. The van der Waals surface area contributed by atoms with Gasteiger partial charge >= 0.3 is 6.03 Å². The molecule has 1 aliphatic heterocycles. The van der Waals surface area contributed by atoms with Crippen molar-refractivity contribution in [3.63, 3.8) is 0 Å². The number of carbonyl (C=O) groups excluding carboxylic acids is 1. The molecule has 1 N–H and O–H groups in total. The summed E-state index contributed by atoms with van der Waals surface area (Å²) in [5.41, 5.74) is 4.92. The number of aryl methyl sites for hydroxylation is 1. The Morgan fingerprint density at radius 2 is 1.78 bits per heavy atom. The number of benzene rings is 3. The van der Waals surface area contributed by atoms with Gasteiger partial charge in [-0.3, -0.25) is 4.90 Å². The number of urea groups is 1. The fourth-order valence-electron chi connectivity index (χ4n) is 4.44. The Morgan fingerprint density at radius 1 is 1.05 bits per heavy atom. The maximum Gasteiger partial charge on any atom is 0.322 e. The van der Waals surface area contributed by atoms with Gasteiger partial charge in [-0.25, -0.2) is 9.18 Å². The van der Waals surface area contributed by atoms with Gasteiger partial charge in [0, 0.05) is 11.3 Å². The second kappa shape index (κ2) is 10.3. The summed E-state index contributed by atoms with van der Waals surface area (Å²) < 4.78 is 24.8. The lowest BCUT2D eigenvalue weighted by Gasteiger charge is -2.35. The fourth-order valence-corrected chi connectivity index (χ4v) is 4.44. The van der Waals surface area contributed by atoms with Crippen molar-refractivity contribution in [2.24, 2.45) is 0 Å². The largest absolute Gasteiger partial charge is 0.497 e. The van der Waals surface area contributed by atoms with Crippen LogP contribution in [-0.2, 0) is 13.0 Å². The molecule has 1 atom stereocenters. The molecule has 0 fully saturated rings. The Kier molecular flexibility index (Phi) is 6.72. The molecule has 1 unspecified atom stereocenters. The molecule has 37 heavy (non-hydrogen) atoms. The highest BCUT2D eigenvalue weighted by atomic mass is 19.1. The van der Waals surface area contributed by atoms with E-state index in [1.165, 1.54) is 17.7 Å². The van der Waals surface area contributed by atoms with Crippen LogP contribution in [0.3, 0.4) is 0 Å². The SMILES string of the molecule is CCc1ccc(C2NC(=O)N(Cc3ccc(OC)cc3)C(C)=C2c2nc(-c3cccc(F)c3)no2)cc1. The van der Waals surface area contributed by atoms with E-state index in [0.29, 0.717) is 23.4 Å². The normalized spacial score (nSPS) is 15.6. The molecule has 0 radical (unpaired) electrons. The minimum absolute atomic E-state index is 0.230. The van der Waals surface area contributed by atoms with Crippen LogP contribution in [-0.4, -0.2) is 28.2 Å². The van der Waals surface area contributed by atoms with E-state index < -0.39 is 6.04 Å². The zero-order valence-corrected chi connectivity index (χ0v) is 20.9. The number of hydrogen-bond acceptors (Lipinski definition) is 5. The highest BCUT2D eigenvalue weighted by molar-refractivity contribution is 5.86. The second-order valence-electron chi connectivity index (χ2n) is 8.84. The summed E-state index contributed by atoms with van der Waals surface area (Å²) in [6.07, 6.45) is 0.912. The van der Waals surface area contributed by atoms with Gasteiger partial charge in [0.1, 0.15) is 11.6 Å². The highest BCUT2D eigenvalue weighted by Gasteiger charge is 2.35. The number of ether oxygens (including phenoxy) is 1. The van der Waals surface area contributed by atoms with Crippen molar-refractivity contribution in [3.05, 3.63) is 107 Å². The Bertz CT molecular complexity index is 1440. The minimum Gasteiger partial charge on any atom is -0.497 e. The van der Waals surface area contributed by atoms with E-state index in [2.05, 4.69) is 22.4 Å². The zero-order chi connectivity index (χ0) is 25.9. The van der Waals surface area contributed by atoms with Crippen LogP contribution in [0.2, 0.25) is 0 Å². The first kappa shape index (κ1) is 24.2. The van der Waals surface area contributed by atoms with E-state index in [9.17, 15) is 9.18 Å². The molecule has 2 amide bonds. The quantitative estimate of drug-likeness (QED) is 0.331. The van der Waals surface area contributed by atoms with Crippen LogP contribution in [0.25, 0.3) is 17.0 Å². The molecule has 0 saturated heterocycles. The standard InChI is InChI=1S/C29H27FN4O3/c1-4-19-8-12-21(13-9-19)26-25(28-32-27(33-37-28)22-6-5-7-23(30)16-22)18(2)34(29(35)31-26)17-20-10-14-24(36-3)15-11-20/h5-16,26H,4,17H2,1-3H3,(H,31,35). The van der Waals surface area contributed by atoms with Gasteiger partial charge in [-0.05, 0) is 54.3 Å². The second-order valence-corrected chi connectivity index (χ2v) is 8.84. The molecule has 0 bridgehead atoms. The summed E-state index contributed by atoms with van der Waals surface area (Å²) in [4.78, 5) is 19.6. The first-order valence-corrected chi connectivity index (χ1v) is 12.1. The van der Waals surface area contributed by atoms with Crippen LogP contribution in [0.5, 0.6) is 5.75 Å². The van der Waals surface area contributed by atoms with Crippen LogP contribution in [0.15, 0.2) is 83.0 Å². The van der Waals surface area contributed by atoms with E-state index in [1.807, 2.05) is 55.5 Å². The Labute approximate surface area is 214 Å². The zero-order valence-electron chi connectivity index (χ0n) is 20.9. The molecule has 0 spiro atoms. The van der Waals surface area contributed by atoms with Crippen LogP contribution in [0, 0.1) is 5.82 Å². The van der Waals surface area contributed by atoms with E-state index in [1.54, 1.807) is 24.1 Å². The summed E-state index contributed by atoms with van der Waals surface area (Å²) in [6.45, 7) is 4.31. The molecule has 4 aromatic rings. The molecule has 7 nitrogen and oxygen atoms in total. The Balaban J connectivity index is 1.57. The number of methoxy groups -OCH3 is 1. The summed E-state index contributed by atoms with van der Waals surface area (Å²) in [6, 6.07) is 21.0. The van der Waals surface area contributed by atoms with Gasteiger partial charge in [-0.15, -0.1) is 0 Å². The number of hydrogen-bond donors (Lipinski definition) is 1. The maximum atomic E-state index is 13.8. The number of nitrogens with one attached hydrogen (secondary N) is 1. The molecule has 0 aliphatic carbocycles. The van der Waals surface area contributed by atoms with E-state index in [4.69, 9.17) is 9.26 Å². The van der Waals surface area contributed by atoms with Gasteiger partial charge in [0.15, 0.2) is 0 Å². The van der Waals surface area contributed by atoms with Gasteiger partial charge in [-0.1, -0.05) is 60.6 Å². The first-order chi connectivity index (χ1) is 18.0. The number of amides is 2. The van der Waals surface area contributed by atoms with Crippen molar-refractivity contribution in [3.8, 4) is 17.1 Å². The van der Waals surface area contributed by atoms with Crippen molar-refractivity contribution < 1.29 is 18.4 Å². The summed E-state index contributed by atoms with van der Waals surface area (Å²) in [5.74, 6) is 0.893. The number of rotatable bonds is 7. The molecule has 188 valence electrons. The summed E-state index contributed by atoms with van der Waals surface area (Å²) in [5, 5.41) is 7.22. The molecular formula is C29H27FN4O3. The smallest absolute Gasteiger partial charge is 0.322 e. The summed E-state index contributed by atoms with van der Waals surface area (Å²) in [7, 11) is 1.61. The van der Waals surface area contributed by atoms with E-state index >= 15 is 0 Å². The average Bonchev–Trinajstić information content (AvgIpc) is 3.41. The molecular weight excluding hydrogens is 471 g/mol. The van der Waals surface area contributed by atoms with Crippen LogP contribution in [0.1, 0.15) is 42.5 Å². The third kappa shape index (κ3) is 4.95.